The minimum Gasteiger partial charge on any atom is -0.497 e. The molecule has 1 amide bonds. The zero-order valence-electron chi connectivity index (χ0n) is 15.2. The van der Waals surface area contributed by atoms with Crippen LogP contribution in [-0.2, 0) is 11.0 Å². The Bertz CT molecular complexity index is 961. The summed E-state index contributed by atoms with van der Waals surface area (Å²) >= 11 is 0.962. The van der Waals surface area contributed by atoms with Crippen LogP contribution in [0.15, 0.2) is 58.3 Å². The van der Waals surface area contributed by atoms with Crippen molar-refractivity contribution in [2.24, 2.45) is 0 Å². The molecule has 6 nitrogen and oxygen atoms in total. The molecule has 29 heavy (non-hydrogen) atoms. The molecule has 0 saturated carbocycles. The number of benzene rings is 1. The number of carbonyl (C=O) groups excluding carboxylic acids is 1. The van der Waals surface area contributed by atoms with Gasteiger partial charge in [0.1, 0.15) is 17.1 Å². The van der Waals surface area contributed by atoms with Gasteiger partial charge in [-0.25, -0.2) is 9.97 Å². The molecule has 1 N–H and O–H groups in total. The number of furan rings is 1. The highest BCUT2D eigenvalue weighted by atomic mass is 32.2. The van der Waals surface area contributed by atoms with Crippen LogP contribution < -0.4 is 10.1 Å². The van der Waals surface area contributed by atoms with Crippen LogP contribution >= 0.6 is 11.8 Å². The van der Waals surface area contributed by atoms with Gasteiger partial charge in [-0.1, -0.05) is 11.8 Å². The van der Waals surface area contributed by atoms with Crippen LogP contribution in [0.2, 0.25) is 0 Å². The zero-order chi connectivity index (χ0) is 20.9. The Balaban J connectivity index is 1.63. The third kappa shape index (κ3) is 5.74. The van der Waals surface area contributed by atoms with E-state index in [0.717, 1.165) is 17.8 Å². The summed E-state index contributed by atoms with van der Waals surface area (Å²) in [5, 5.41) is 2.63. The van der Waals surface area contributed by atoms with Crippen LogP contribution in [0.4, 0.5) is 18.9 Å². The number of aromatic nitrogens is 2. The highest BCUT2D eigenvalue weighted by Gasteiger charge is 2.34. The van der Waals surface area contributed by atoms with E-state index in [4.69, 9.17) is 9.15 Å². The quantitative estimate of drug-likeness (QED) is 0.431. The summed E-state index contributed by atoms with van der Waals surface area (Å²) in [6.45, 7) is 0. The van der Waals surface area contributed by atoms with E-state index < -0.39 is 11.9 Å². The Hall–Kier alpha value is -3.01. The summed E-state index contributed by atoms with van der Waals surface area (Å²) in [5.41, 5.74) is -0.442. The van der Waals surface area contributed by atoms with E-state index in [0.29, 0.717) is 11.4 Å². The van der Waals surface area contributed by atoms with Gasteiger partial charge in [0, 0.05) is 17.9 Å². The molecule has 0 aliphatic heterocycles. The lowest BCUT2D eigenvalue weighted by Crippen LogP contribution is -2.13. The predicted molar refractivity (Wildman–Crippen MR) is 102 cm³/mol. The SMILES string of the molecule is COc1ccc(NC(=O)CCSc2nc(-c3ccco3)cc(C(F)(F)F)n2)cc1. The second kappa shape index (κ2) is 8.99. The summed E-state index contributed by atoms with van der Waals surface area (Å²) < 4.78 is 49.6. The maximum absolute atomic E-state index is 13.1. The molecule has 0 unspecified atom stereocenters. The average Bonchev–Trinajstić information content (AvgIpc) is 3.22. The standard InChI is InChI=1S/C19H16F3N3O3S/c1-27-13-6-4-12(5-7-13)23-17(26)8-10-29-18-24-14(15-3-2-9-28-15)11-16(25-18)19(20,21)22/h2-7,9,11H,8,10H2,1H3,(H,23,26). The number of anilines is 1. The number of halogens is 3. The van der Waals surface area contributed by atoms with Gasteiger partial charge in [0.05, 0.1) is 13.4 Å². The molecule has 0 bridgehead atoms. The van der Waals surface area contributed by atoms with Gasteiger partial charge in [0.2, 0.25) is 5.91 Å². The predicted octanol–water partition coefficient (Wildman–Crippen LogP) is 4.88. The van der Waals surface area contributed by atoms with Gasteiger partial charge in [-0.2, -0.15) is 13.2 Å². The first-order valence-electron chi connectivity index (χ1n) is 8.42. The van der Waals surface area contributed by atoms with E-state index in [1.54, 1.807) is 30.3 Å². The smallest absolute Gasteiger partial charge is 0.433 e. The van der Waals surface area contributed by atoms with E-state index in [-0.39, 0.29) is 34.7 Å². The van der Waals surface area contributed by atoms with Gasteiger partial charge in [0.25, 0.3) is 0 Å². The molecule has 0 aliphatic carbocycles. The summed E-state index contributed by atoms with van der Waals surface area (Å²) in [7, 11) is 1.54. The van der Waals surface area contributed by atoms with Crippen molar-refractivity contribution < 1.29 is 27.1 Å². The average molecular weight is 423 g/mol. The van der Waals surface area contributed by atoms with Gasteiger partial charge in [-0.15, -0.1) is 0 Å². The van der Waals surface area contributed by atoms with Crippen molar-refractivity contribution >= 4 is 23.4 Å². The Morgan fingerprint density at radius 2 is 1.97 bits per heavy atom. The molecule has 0 radical (unpaired) electrons. The lowest BCUT2D eigenvalue weighted by molar-refractivity contribution is -0.141. The molecule has 0 saturated heterocycles. The number of nitrogens with one attached hydrogen (secondary N) is 1. The summed E-state index contributed by atoms with van der Waals surface area (Å²) in [6.07, 6.45) is -3.20. The second-order valence-electron chi connectivity index (χ2n) is 5.77. The van der Waals surface area contributed by atoms with Crippen LogP contribution in [0.3, 0.4) is 0 Å². The molecule has 3 aromatic rings. The van der Waals surface area contributed by atoms with Crippen molar-refractivity contribution in [3.63, 3.8) is 0 Å². The highest BCUT2D eigenvalue weighted by Crippen LogP contribution is 2.32. The number of thioether (sulfide) groups is 1. The Labute approximate surface area is 168 Å². The lowest BCUT2D eigenvalue weighted by Gasteiger charge is -2.09. The third-order valence-electron chi connectivity index (χ3n) is 3.70. The number of hydrogen-bond donors (Lipinski definition) is 1. The third-order valence-corrected chi connectivity index (χ3v) is 4.55. The number of ether oxygens (including phenoxy) is 1. The first-order valence-corrected chi connectivity index (χ1v) is 9.40. The van der Waals surface area contributed by atoms with Crippen molar-refractivity contribution in [2.75, 3.05) is 18.2 Å². The minimum atomic E-state index is -4.62. The number of amides is 1. The maximum Gasteiger partial charge on any atom is 0.433 e. The molecule has 152 valence electrons. The monoisotopic (exact) mass is 423 g/mol. The molecule has 0 aliphatic rings. The summed E-state index contributed by atoms with van der Waals surface area (Å²) in [4.78, 5) is 19.7. The molecule has 10 heteroatoms. The number of hydrogen-bond acceptors (Lipinski definition) is 6. The van der Waals surface area contributed by atoms with Crippen LogP contribution in [0, 0.1) is 0 Å². The normalized spacial score (nSPS) is 11.3. The molecule has 2 aromatic heterocycles. The number of alkyl halides is 3. The van der Waals surface area contributed by atoms with Crippen molar-refractivity contribution in [1.82, 2.24) is 9.97 Å². The van der Waals surface area contributed by atoms with Crippen molar-refractivity contribution in [3.8, 4) is 17.2 Å². The van der Waals surface area contributed by atoms with E-state index in [1.165, 1.54) is 19.4 Å². The highest BCUT2D eigenvalue weighted by molar-refractivity contribution is 7.99. The zero-order valence-corrected chi connectivity index (χ0v) is 16.0. The van der Waals surface area contributed by atoms with Gasteiger partial charge < -0.3 is 14.5 Å². The van der Waals surface area contributed by atoms with Crippen LogP contribution in [0.25, 0.3) is 11.5 Å². The summed E-state index contributed by atoms with van der Waals surface area (Å²) in [5.74, 6) is 0.798. The van der Waals surface area contributed by atoms with E-state index in [1.807, 2.05) is 0 Å². The van der Waals surface area contributed by atoms with Gasteiger partial charge in [-0.3, -0.25) is 4.79 Å². The Morgan fingerprint density at radius 3 is 2.59 bits per heavy atom. The van der Waals surface area contributed by atoms with Gasteiger partial charge in [0.15, 0.2) is 10.9 Å². The number of nitrogens with zero attached hydrogens (tertiary/aromatic N) is 2. The van der Waals surface area contributed by atoms with Gasteiger partial charge in [-0.05, 0) is 42.5 Å². The molecule has 0 atom stereocenters. The van der Waals surface area contributed by atoms with Crippen LogP contribution in [0.5, 0.6) is 5.75 Å². The molecule has 3 rings (SSSR count). The fourth-order valence-corrected chi connectivity index (χ4v) is 3.11. The number of rotatable bonds is 7. The maximum atomic E-state index is 13.1. The minimum absolute atomic E-state index is 0.0301. The number of carbonyl (C=O) groups is 1. The van der Waals surface area contributed by atoms with Crippen molar-refractivity contribution in [3.05, 3.63) is 54.4 Å². The molecule has 1 aromatic carbocycles. The summed E-state index contributed by atoms with van der Waals surface area (Å²) in [6, 6.07) is 10.7. The molecule has 0 fully saturated rings. The Kier molecular flexibility index (Phi) is 6.42. The first-order chi connectivity index (χ1) is 13.8. The van der Waals surface area contributed by atoms with E-state index in [9.17, 15) is 18.0 Å². The largest absolute Gasteiger partial charge is 0.497 e. The molecule has 2 heterocycles. The van der Waals surface area contributed by atoms with Crippen molar-refractivity contribution in [1.29, 1.82) is 0 Å². The van der Waals surface area contributed by atoms with E-state index in [2.05, 4.69) is 15.3 Å². The number of methoxy groups -OCH3 is 1. The van der Waals surface area contributed by atoms with Gasteiger partial charge >= 0.3 is 6.18 Å². The topological polar surface area (TPSA) is 77.2 Å². The fraction of sp³-hybridized carbons (Fsp3) is 0.211. The fourth-order valence-electron chi connectivity index (χ4n) is 2.32. The second-order valence-corrected chi connectivity index (χ2v) is 6.83. The molecule has 0 spiro atoms. The van der Waals surface area contributed by atoms with Crippen molar-refractivity contribution in [2.45, 2.75) is 17.8 Å². The lowest BCUT2D eigenvalue weighted by atomic mass is 10.2. The Morgan fingerprint density at radius 1 is 1.21 bits per heavy atom. The van der Waals surface area contributed by atoms with Crippen LogP contribution in [0.1, 0.15) is 12.1 Å². The van der Waals surface area contributed by atoms with Crippen LogP contribution in [-0.4, -0.2) is 28.7 Å². The molecular weight excluding hydrogens is 407 g/mol. The first kappa shape index (κ1) is 20.7. The molecular formula is C19H16F3N3O3S. The van der Waals surface area contributed by atoms with E-state index >= 15 is 0 Å².